The zero-order valence-corrected chi connectivity index (χ0v) is 21.6. The van der Waals surface area contributed by atoms with E-state index in [4.69, 9.17) is 0 Å². The van der Waals surface area contributed by atoms with E-state index >= 15 is 0 Å². The SMILES string of the molecule is Cc1cc(C)c(C(=O)P(=O)(C(=O)c2c(C)cc(C)cc2C)c2ccc(N(C)C)cc2)c(C)c1. The van der Waals surface area contributed by atoms with Crippen LogP contribution in [-0.4, -0.2) is 25.1 Å². The van der Waals surface area contributed by atoms with Crippen LogP contribution in [0, 0.1) is 41.5 Å². The van der Waals surface area contributed by atoms with Crippen molar-refractivity contribution in [1.82, 2.24) is 0 Å². The molecule has 172 valence electrons. The predicted octanol–water partition coefficient (Wildman–Crippen LogP) is 6.27. The third kappa shape index (κ3) is 4.45. The topological polar surface area (TPSA) is 54.5 Å². The van der Waals surface area contributed by atoms with E-state index in [2.05, 4.69) is 0 Å². The van der Waals surface area contributed by atoms with Crippen molar-refractivity contribution >= 4 is 29.2 Å². The fourth-order valence-electron chi connectivity index (χ4n) is 4.64. The zero-order chi connectivity index (χ0) is 24.7. The summed E-state index contributed by atoms with van der Waals surface area (Å²) in [5.41, 5.74) is 5.40. The lowest BCUT2D eigenvalue weighted by Crippen LogP contribution is -2.23. The highest BCUT2D eigenvalue weighted by Gasteiger charge is 2.44. The summed E-state index contributed by atoms with van der Waals surface area (Å²) in [6.45, 7) is 11.2. The molecule has 0 heterocycles. The van der Waals surface area contributed by atoms with Gasteiger partial charge in [-0.25, -0.2) is 0 Å². The van der Waals surface area contributed by atoms with Crippen LogP contribution < -0.4 is 10.2 Å². The number of anilines is 1. The van der Waals surface area contributed by atoms with Crippen LogP contribution in [0.25, 0.3) is 0 Å². The van der Waals surface area contributed by atoms with Gasteiger partial charge in [0.2, 0.25) is 18.2 Å². The van der Waals surface area contributed by atoms with E-state index in [1.54, 1.807) is 24.3 Å². The van der Waals surface area contributed by atoms with Crippen LogP contribution >= 0.6 is 7.14 Å². The minimum Gasteiger partial charge on any atom is -0.378 e. The van der Waals surface area contributed by atoms with Gasteiger partial charge in [-0.2, -0.15) is 0 Å². The molecule has 0 aliphatic heterocycles. The van der Waals surface area contributed by atoms with Gasteiger partial charge in [-0.3, -0.25) is 9.59 Å². The molecule has 4 nitrogen and oxygen atoms in total. The van der Waals surface area contributed by atoms with Crippen LogP contribution in [0.5, 0.6) is 0 Å². The molecule has 0 spiro atoms. The molecule has 0 saturated heterocycles. The lowest BCUT2D eigenvalue weighted by Gasteiger charge is -2.22. The molecule has 0 aliphatic rings. The van der Waals surface area contributed by atoms with Crippen molar-refractivity contribution in [3.8, 4) is 0 Å². The highest BCUT2D eigenvalue weighted by atomic mass is 31.2. The normalized spacial score (nSPS) is 11.4. The first-order chi connectivity index (χ1) is 15.4. The number of aryl methyl sites for hydroxylation is 6. The Kier molecular flexibility index (Phi) is 6.81. The van der Waals surface area contributed by atoms with Gasteiger partial charge in [-0.05, 0) is 88.1 Å². The van der Waals surface area contributed by atoms with Gasteiger partial charge in [0.25, 0.3) is 0 Å². The van der Waals surface area contributed by atoms with E-state index < -0.39 is 18.2 Å². The summed E-state index contributed by atoms with van der Waals surface area (Å²) in [5, 5.41) is 0.266. The molecular weight excluding hydrogens is 429 g/mol. The number of carbonyl (C=O) groups is 2. The number of benzene rings is 3. The summed E-state index contributed by atoms with van der Waals surface area (Å²) in [6, 6.07) is 14.5. The van der Waals surface area contributed by atoms with Gasteiger partial charge in [0, 0.05) is 36.2 Å². The molecule has 3 aromatic carbocycles. The van der Waals surface area contributed by atoms with Crippen LogP contribution in [0.1, 0.15) is 54.1 Å². The molecular formula is C28H32NO3P. The van der Waals surface area contributed by atoms with Crippen molar-refractivity contribution < 1.29 is 14.2 Å². The molecule has 0 fully saturated rings. The van der Waals surface area contributed by atoms with Crippen LogP contribution in [0.4, 0.5) is 5.69 Å². The second-order valence-electron chi connectivity index (χ2n) is 9.18. The van der Waals surface area contributed by atoms with Crippen molar-refractivity contribution in [3.05, 3.63) is 93.0 Å². The van der Waals surface area contributed by atoms with Gasteiger partial charge < -0.3 is 9.46 Å². The van der Waals surface area contributed by atoms with Crippen LogP contribution in [0.3, 0.4) is 0 Å². The molecule has 0 amide bonds. The van der Waals surface area contributed by atoms with Crippen LogP contribution in [0.2, 0.25) is 0 Å². The van der Waals surface area contributed by atoms with Gasteiger partial charge in [-0.1, -0.05) is 35.4 Å². The molecule has 0 radical (unpaired) electrons. The zero-order valence-electron chi connectivity index (χ0n) is 20.7. The molecule has 0 unspecified atom stereocenters. The Balaban J connectivity index is 2.31. The lowest BCUT2D eigenvalue weighted by atomic mass is 10.0. The van der Waals surface area contributed by atoms with Crippen LogP contribution in [-0.2, 0) is 4.57 Å². The Morgan fingerprint density at radius 2 is 0.970 bits per heavy atom. The molecule has 0 bridgehead atoms. The Morgan fingerprint density at radius 1 is 0.636 bits per heavy atom. The fraction of sp³-hybridized carbons (Fsp3) is 0.286. The Hall–Kier alpha value is -2.97. The summed E-state index contributed by atoms with van der Waals surface area (Å²) in [4.78, 5) is 30.0. The molecule has 0 aromatic heterocycles. The van der Waals surface area contributed by atoms with Crippen molar-refractivity contribution in [2.75, 3.05) is 19.0 Å². The first kappa shape index (κ1) is 24.7. The van der Waals surface area contributed by atoms with Crippen molar-refractivity contribution in [2.45, 2.75) is 41.5 Å². The fourth-order valence-corrected chi connectivity index (χ4v) is 7.19. The molecule has 0 saturated carbocycles. The number of hydrogen-bond acceptors (Lipinski definition) is 4. The number of rotatable bonds is 6. The van der Waals surface area contributed by atoms with E-state index in [0.29, 0.717) is 11.1 Å². The van der Waals surface area contributed by atoms with E-state index in [1.807, 2.05) is 84.8 Å². The molecule has 0 aliphatic carbocycles. The maximum atomic E-state index is 14.8. The van der Waals surface area contributed by atoms with Gasteiger partial charge in [0.05, 0.1) is 0 Å². The van der Waals surface area contributed by atoms with E-state index in [9.17, 15) is 14.2 Å². The van der Waals surface area contributed by atoms with Gasteiger partial charge >= 0.3 is 0 Å². The second kappa shape index (κ2) is 9.11. The summed E-state index contributed by atoms with van der Waals surface area (Å²) in [6.07, 6.45) is 0. The maximum absolute atomic E-state index is 14.8. The highest BCUT2D eigenvalue weighted by Crippen LogP contribution is 2.52. The van der Waals surface area contributed by atoms with E-state index in [-0.39, 0.29) is 5.30 Å². The smallest absolute Gasteiger partial charge is 0.248 e. The second-order valence-corrected chi connectivity index (χ2v) is 11.7. The first-order valence-corrected chi connectivity index (χ1v) is 12.7. The number of carbonyl (C=O) groups excluding carboxylic acids is 2. The Labute approximate surface area is 197 Å². The Bertz CT molecular complexity index is 1180. The number of hydrogen-bond donors (Lipinski definition) is 0. The predicted molar refractivity (Wildman–Crippen MR) is 138 cm³/mol. The maximum Gasteiger partial charge on any atom is 0.248 e. The third-order valence-electron chi connectivity index (χ3n) is 6.08. The third-order valence-corrected chi connectivity index (χ3v) is 8.70. The Morgan fingerprint density at radius 3 is 1.27 bits per heavy atom. The van der Waals surface area contributed by atoms with Crippen LogP contribution in [0.15, 0.2) is 48.5 Å². The standard InChI is InChI=1S/C28H32NO3P/c1-17-13-19(3)25(20(4)14-17)27(30)33(32,24-11-9-23(10-12-24)29(7)8)28(31)26-21(5)15-18(2)16-22(26)6/h9-16H,1-8H3. The molecule has 3 rings (SSSR count). The monoisotopic (exact) mass is 461 g/mol. The molecule has 0 N–H and O–H groups in total. The van der Waals surface area contributed by atoms with E-state index in [1.165, 1.54) is 0 Å². The molecule has 0 atom stereocenters. The highest BCUT2D eigenvalue weighted by molar-refractivity contribution is 8.01. The minimum atomic E-state index is -4.18. The summed E-state index contributed by atoms with van der Waals surface area (Å²) in [7, 11) is -0.371. The molecule has 33 heavy (non-hydrogen) atoms. The summed E-state index contributed by atoms with van der Waals surface area (Å²) >= 11 is 0. The number of nitrogens with zero attached hydrogens (tertiary/aromatic N) is 1. The first-order valence-electron chi connectivity index (χ1n) is 11.0. The van der Waals surface area contributed by atoms with Gasteiger partial charge in [0.1, 0.15) is 0 Å². The van der Waals surface area contributed by atoms with Gasteiger partial charge in [0.15, 0.2) is 0 Å². The average Bonchev–Trinajstić information content (AvgIpc) is 2.71. The largest absolute Gasteiger partial charge is 0.378 e. The van der Waals surface area contributed by atoms with Crippen molar-refractivity contribution in [2.24, 2.45) is 0 Å². The minimum absolute atomic E-state index is 0.266. The summed E-state index contributed by atoms with van der Waals surface area (Å²) < 4.78 is 14.8. The molecule has 3 aromatic rings. The van der Waals surface area contributed by atoms with Crippen molar-refractivity contribution in [1.29, 1.82) is 0 Å². The quantitative estimate of drug-likeness (QED) is 0.406. The van der Waals surface area contributed by atoms with E-state index in [0.717, 1.165) is 39.1 Å². The average molecular weight is 462 g/mol. The van der Waals surface area contributed by atoms with Gasteiger partial charge in [-0.15, -0.1) is 0 Å². The molecule has 5 heteroatoms. The van der Waals surface area contributed by atoms with Crippen molar-refractivity contribution in [3.63, 3.8) is 0 Å². The lowest BCUT2D eigenvalue weighted by molar-refractivity contribution is 0.104. The summed E-state index contributed by atoms with van der Waals surface area (Å²) in [5.74, 6) is 0.